The van der Waals surface area contributed by atoms with E-state index in [0.717, 1.165) is 50.3 Å². The Hall–Kier alpha value is -0.980. The smallest absolute Gasteiger partial charge is 0.0901 e. The summed E-state index contributed by atoms with van der Waals surface area (Å²) >= 11 is 0. The first kappa shape index (κ1) is 18.4. The first-order valence-corrected chi connectivity index (χ1v) is 11.0. The molecular weight excluding hydrogens is 320 g/mol. The number of likely N-dealkylation sites (tertiary alicyclic amines) is 1. The molecule has 1 N–H and O–H groups in total. The molecule has 1 heterocycles. The summed E-state index contributed by atoms with van der Waals surface area (Å²) in [6, 6.07) is 0.401. The quantitative estimate of drug-likeness (QED) is 0.699. The van der Waals surface area contributed by atoms with Gasteiger partial charge >= 0.3 is 0 Å². The summed E-state index contributed by atoms with van der Waals surface area (Å²) in [7, 11) is 0. The van der Waals surface area contributed by atoms with Crippen molar-refractivity contribution in [3.05, 3.63) is 12.3 Å². The molecule has 3 saturated carbocycles. The lowest BCUT2D eigenvalue weighted by atomic mass is 9.95. The molecule has 6 unspecified atom stereocenters. The molecule has 0 amide bonds. The van der Waals surface area contributed by atoms with Crippen LogP contribution >= 0.6 is 0 Å². The second-order valence-corrected chi connectivity index (χ2v) is 8.99. The molecule has 0 radical (unpaired) electrons. The summed E-state index contributed by atoms with van der Waals surface area (Å²) in [5, 5.41) is 3.94. The molecule has 6 atom stereocenters. The number of hydrogen-bond donors (Lipinski definition) is 1. The fourth-order valence-electron chi connectivity index (χ4n) is 6.07. The van der Waals surface area contributed by atoms with E-state index < -0.39 is 0 Å². The predicted octanol–water partition coefficient (Wildman–Crippen LogP) is 3.95. The zero-order valence-corrected chi connectivity index (χ0v) is 16.7. The normalized spacial score (nSPS) is 40.1. The van der Waals surface area contributed by atoms with Gasteiger partial charge in [-0.3, -0.25) is 0 Å². The highest BCUT2D eigenvalue weighted by Crippen LogP contribution is 2.66. The number of hydrogen-bond acceptors (Lipinski definition) is 3. The van der Waals surface area contributed by atoms with Gasteiger partial charge in [0.05, 0.1) is 12.1 Å². The highest BCUT2D eigenvalue weighted by atomic mass is 16.5. The lowest BCUT2D eigenvalue weighted by Gasteiger charge is -2.27. The van der Waals surface area contributed by atoms with Gasteiger partial charge < -0.3 is 15.0 Å². The largest absolute Gasteiger partial charge is 0.378 e. The molecule has 4 fully saturated rings. The van der Waals surface area contributed by atoms with Gasteiger partial charge in [0.25, 0.3) is 0 Å². The molecule has 4 rings (SSSR count). The minimum absolute atomic E-state index is 0.401. The Labute approximate surface area is 159 Å². The first-order chi connectivity index (χ1) is 12.7. The van der Waals surface area contributed by atoms with Crippen LogP contribution in [0.2, 0.25) is 0 Å². The molecule has 1 aliphatic heterocycles. The molecule has 0 aromatic heterocycles. The van der Waals surface area contributed by atoms with E-state index >= 15 is 0 Å². The molecule has 26 heavy (non-hydrogen) atoms. The van der Waals surface area contributed by atoms with Gasteiger partial charge in [0, 0.05) is 37.4 Å². The fourth-order valence-corrected chi connectivity index (χ4v) is 6.07. The van der Waals surface area contributed by atoms with Crippen molar-refractivity contribution in [3.63, 3.8) is 0 Å². The summed E-state index contributed by atoms with van der Waals surface area (Å²) in [4.78, 5) is 2.46. The van der Waals surface area contributed by atoms with E-state index in [1.54, 1.807) is 0 Å². The molecular formula is C23H36N2O. The number of ether oxygens (including phenoxy) is 1. The van der Waals surface area contributed by atoms with Crippen molar-refractivity contribution in [1.82, 2.24) is 10.2 Å². The van der Waals surface area contributed by atoms with Gasteiger partial charge in [0.15, 0.2) is 0 Å². The molecule has 3 aliphatic carbocycles. The van der Waals surface area contributed by atoms with Gasteiger partial charge in [-0.1, -0.05) is 19.4 Å². The lowest BCUT2D eigenvalue weighted by molar-refractivity contribution is 0.0612. The summed E-state index contributed by atoms with van der Waals surface area (Å²) in [5.41, 5.74) is 1.68. The summed E-state index contributed by atoms with van der Waals surface area (Å²) in [6.07, 6.45) is 10.5. The fraction of sp³-hybridized carbons (Fsp3) is 0.826. The standard InChI is InChI=1S/C23H36N2O/c1-4-6-7-9-19-10-8-11-25(19)17(3)16-24-23-14-18-12-20(26-5-2)13-21(18)22(23)15-23/h18-22,24H,3-6,8,10-16H2,1-2H3. The number of rotatable bonds is 7. The molecule has 0 spiro atoms. The van der Waals surface area contributed by atoms with Crippen molar-refractivity contribution in [2.75, 3.05) is 19.7 Å². The van der Waals surface area contributed by atoms with E-state index in [1.807, 2.05) is 0 Å². The van der Waals surface area contributed by atoms with E-state index in [2.05, 4.69) is 42.5 Å². The summed E-state index contributed by atoms with van der Waals surface area (Å²) < 4.78 is 5.90. The van der Waals surface area contributed by atoms with Gasteiger partial charge in [-0.15, -0.1) is 5.92 Å². The Morgan fingerprint density at radius 3 is 2.96 bits per heavy atom. The Kier molecular flexibility index (Phi) is 5.35. The topological polar surface area (TPSA) is 24.5 Å². The van der Waals surface area contributed by atoms with Crippen LogP contribution in [0.1, 0.15) is 65.2 Å². The summed E-state index contributed by atoms with van der Waals surface area (Å²) in [6.45, 7) is 11.7. The lowest BCUT2D eigenvalue weighted by Crippen LogP contribution is -2.38. The van der Waals surface area contributed by atoms with E-state index in [0.29, 0.717) is 17.7 Å². The highest BCUT2D eigenvalue weighted by Gasteiger charge is 2.66. The minimum Gasteiger partial charge on any atom is -0.378 e. The first-order valence-electron chi connectivity index (χ1n) is 11.0. The molecule has 3 heteroatoms. The van der Waals surface area contributed by atoms with Crippen molar-refractivity contribution in [3.8, 4) is 11.8 Å². The molecule has 144 valence electrons. The van der Waals surface area contributed by atoms with Gasteiger partial charge in [-0.05, 0) is 69.6 Å². The second kappa shape index (κ2) is 7.56. The number of fused-ring (bicyclic) bond motifs is 3. The van der Waals surface area contributed by atoms with Crippen molar-refractivity contribution in [2.24, 2.45) is 17.8 Å². The van der Waals surface area contributed by atoms with E-state index in [-0.39, 0.29) is 0 Å². The van der Waals surface area contributed by atoms with E-state index in [9.17, 15) is 0 Å². The number of nitrogens with one attached hydrogen (secondary N) is 1. The molecule has 1 saturated heterocycles. The van der Waals surface area contributed by atoms with Gasteiger partial charge in [0.1, 0.15) is 0 Å². The minimum atomic E-state index is 0.401. The Bertz CT molecular complexity index is 591. The zero-order valence-electron chi connectivity index (χ0n) is 16.7. The predicted molar refractivity (Wildman–Crippen MR) is 107 cm³/mol. The molecule has 0 aromatic rings. The second-order valence-electron chi connectivity index (χ2n) is 8.99. The number of unbranched alkanes of at least 4 members (excludes halogenated alkanes) is 1. The third kappa shape index (κ3) is 3.43. The Morgan fingerprint density at radius 2 is 2.19 bits per heavy atom. The van der Waals surface area contributed by atoms with Crippen molar-refractivity contribution >= 4 is 0 Å². The Morgan fingerprint density at radius 1 is 1.31 bits per heavy atom. The third-order valence-corrected chi connectivity index (χ3v) is 7.33. The summed E-state index contributed by atoms with van der Waals surface area (Å²) in [5.74, 6) is 9.53. The molecule has 0 aromatic carbocycles. The molecule has 3 nitrogen and oxygen atoms in total. The molecule has 4 aliphatic rings. The van der Waals surface area contributed by atoms with Crippen LogP contribution in [0.25, 0.3) is 0 Å². The monoisotopic (exact) mass is 356 g/mol. The zero-order chi connectivity index (χ0) is 18.1. The van der Waals surface area contributed by atoms with Crippen molar-refractivity contribution < 1.29 is 4.74 Å². The van der Waals surface area contributed by atoms with E-state index in [1.165, 1.54) is 44.2 Å². The van der Waals surface area contributed by atoms with E-state index in [4.69, 9.17) is 4.74 Å². The van der Waals surface area contributed by atoms with Gasteiger partial charge in [-0.2, -0.15) is 0 Å². The van der Waals surface area contributed by atoms with Crippen LogP contribution in [0, 0.1) is 29.6 Å². The van der Waals surface area contributed by atoms with Crippen molar-refractivity contribution in [1.29, 1.82) is 0 Å². The van der Waals surface area contributed by atoms with Crippen LogP contribution in [0.4, 0.5) is 0 Å². The average molecular weight is 357 g/mol. The number of nitrogens with zero attached hydrogens (tertiary/aromatic N) is 1. The van der Waals surface area contributed by atoms with Crippen LogP contribution in [0.15, 0.2) is 12.3 Å². The van der Waals surface area contributed by atoms with Gasteiger partial charge in [-0.25, -0.2) is 0 Å². The maximum Gasteiger partial charge on any atom is 0.0901 e. The van der Waals surface area contributed by atoms with Crippen LogP contribution in [0.5, 0.6) is 0 Å². The Balaban J connectivity index is 1.27. The SMILES string of the molecule is C=C(CNC12CC3CC(OCC)CC3C1C2)N1CCCC1C#CCCC. The average Bonchev–Trinajstić information content (AvgIpc) is 2.95. The maximum absolute atomic E-state index is 5.90. The third-order valence-electron chi connectivity index (χ3n) is 7.33. The maximum atomic E-state index is 5.90. The molecule has 0 bridgehead atoms. The van der Waals surface area contributed by atoms with Crippen LogP contribution < -0.4 is 5.32 Å². The van der Waals surface area contributed by atoms with Crippen LogP contribution in [0.3, 0.4) is 0 Å². The van der Waals surface area contributed by atoms with Gasteiger partial charge in [0.2, 0.25) is 0 Å². The van der Waals surface area contributed by atoms with Crippen LogP contribution in [-0.2, 0) is 4.74 Å². The highest BCUT2D eigenvalue weighted by molar-refractivity contribution is 5.23. The van der Waals surface area contributed by atoms with Crippen molar-refractivity contribution in [2.45, 2.75) is 82.9 Å². The van der Waals surface area contributed by atoms with Crippen LogP contribution in [-0.4, -0.2) is 42.3 Å².